The standard InChI is InChI=1S/C15H11FN4/c16-13-4-3-5-14(12(13)8-17)18-9-11-10-19-20-7-2-1-6-15(11)20/h1-7,10,18H,9H2. The summed E-state index contributed by atoms with van der Waals surface area (Å²) >= 11 is 0. The summed E-state index contributed by atoms with van der Waals surface area (Å²) in [6.45, 7) is 0.478. The largest absolute Gasteiger partial charge is 0.380 e. The number of hydrogen-bond donors (Lipinski definition) is 1. The Balaban J connectivity index is 1.87. The molecule has 0 atom stereocenters. The summed E-state index contributed by atoms with van der Waals surface area (Å²) in [5, 5.41) is 16.3. The second kappa shape index (κ2) is 5.02. The van der Waals surface area contributed by atoms with Gasteiger partial charge in [0.1, 0.15) is 17.4 Å². The number of pyridine rings is 1. The Morgan fingerprint density at radius 1 is 1.25 bits per heavy atom. The number of fused-ring (bicyclic) bond motifs is 1. The molecular formula is C15H11FN4. The second-order valence-electron chi connectivity index (χ2n) is 4.33. The van der Waals surface area contributed by atoms with Gasteiger partial charge in [0.05, 0.1) is 17.4 Å². The van der Waals surface area contributed by atoms with Crippen LogP contribution in [0, 0.1) is 17.1 Å². The zero-order valence-corrected chi connectivity index (χ0v) is 10.5. The predicted octanol–water partition coefficient (Wildman–Crippen LogP) is 2.96. The zero-order chi connectivity index (χ0) is 13.9. The van der Waals surface area contributed by atoms with Gasteiger partial charge in [-0.3, -0.25) is 0 Å². The lowest BCUT2D eigenvalue weighted by Gasteiger charge is -2.07. The van der Waals surface area contributed by atoms with Crippen molar-refractivity contribution in [3.8, 4) is 6.07 Å². The van der Waals surface area contributed by atoms with E-state index in [2.05, 4.69) is 10.4 Å². The molecule has 3 rings (SSSR count). The van der Waals surface area contributed by atoms with Crippen molar-refractivity contribution in [2.75, 3.05) is 5.32 Å². The maximum atomic E-state index is 13.5. The Hall–Kier alpha value is -2.87. The molecule has 2 heterocycles. The van der Waals surface area contributed by atoms with Gasteiger partial charge in [-0.15, -0.1) is 0 Å². The lowest BCUT2D eigenvalue weighted by atomic mass is 10.1. The molecule has 5 heteroatoms. The molecule has 1 aromatic carbocycles. The van der Waals surface area contributed by atoms with Crippen molar-refractivity contribution in [2.24, 2.45) is 0 Å². The number of halogens is 1. The van der Waals surface area contributed by atoms with Gasteiger partial charge in [-0.05, 0) is 24.3 Å². The fourth-order valence-corrected chi connectivity index (χ4v) is 2.10. The number of anilines is 1. The fraction of sp³-hybridized carbons (Fsp3) is 0.0667. The van der Waals surface area contributed by atoms with Crippen LogP contribution in [0.1, 0.15) is 11.1 Å². The van der Waals surface area contributed by atoms with Gasteiger partial charge < -0.3 is 5.32 Å². The van der Waals surface area contributed by atoms with Gasteiger partial charge in [0, 0.05) is 18.3 Å². The van der Waals surface area contributed by atoms with Gasteiger partial charge >= 0.3 is 0 Å². The first-order valence-electron chi connectivity index (χ1n) is 6.13. The van der Waals surface area contributed by atoms with Crippen molar-refractivity contribution in [3.05, 3.63) is 65.7 Å². The lowest BCUT2D eigenvalue weighted by Crippen LogP contribution is -2.02. The molecule has 0 spiro atoms. The predicted molar refractivity (Wildman–Crippen MR) is 73.6 cm³/mol. The topological polar surface area (TPSA) is 53.1 Å². The molecule has 0 saturated heterocycles. The minimum Gasteiger partial charge on any atom is -0.380 e. The molecular weight excluding hydrogens is 255 g/mol. The molecule has 0 fully saturated rings. The van der Waals surface area contributed by atoms with Crippen LogP contribution in [0.5, 0.6) is 0 Å². The number of nitrogens with zero attached hydrogens (tertiary/aromatic N) is 3. The van der Waals surface area contributed by atoms with Crippen LogP contribution in [0.15, 0.2) is 48.8 Å². The first-order valence-corrected chi connectivity index (χ1v) is 6.13. The van der Waals surface area contributed by atoms with Crippen LogP contribution in [0.2, 0.25) is 0 Å². The SMILES string of the molecule is N#Cc1c(F)cccc1NCc1cnn2ccccc12. The van der Waals surface area contributed by atoms with Crippen LogP contribution in [0.4, 0.5) is 10.1 Å². The highest BCUT2D eigenvalue weighted by Gasteiger charge is 2.08. The second-order valence-corrected chi connectivity index (χ2v) is 4.33. The van der Waals surface area contributed by atoms with Crippen molar-refractivity contribution in [1.82, 2.24) is 9.61 Å². The minimum absolute atomic E-state index is 0.0315. The van der Waals surface area contributed by atoms with Gasteiger partial charge in [0.2, 0.25) is 0 Å². The molecule has 2 aromatic heterocycles. The summed E-state index contributed by atoms with van der Waals surface area (Å²) in [6, 6.07) is 12.2. The van der Waals surface area contributed by atoms with E-state index in [1.807, 2.05) is 30.5 Å². The van der Waals surface area contributed by atoms with Crippen LogP contribution in [0.25, 0.3) is 5.52 Å². The summed E-state index contributed by atoms with van der Waals surface area (Å²) in [5.74, 6) is -0.516. The van der Waals surface area contributed by atoms with Crippen molar-refractivity contribution in [3.63, 3.8) is 0 Å². The molecule has 4 nitrogen and oxygen atoms in total. The number of rotatable bonds is 3. The van der Waals surface area contributed by atoms with E-state index in [9.17, 15) is 4.39 Å². The molecule has 20 heavy (non-hydrogen) atoms. The van der Waals surface area contributed by atoms with E-state index in [0.29, 0.717) is 12.2 Å². The summed E-state index contributed by atoms with van der Waals surface area (Å²) in [5.41, 5.74) is 2.49. The average Bonchev–Trinajstić information content (AvgIpc) is 2.88. The molecule has 0 amide bonds. The first kappa shape index (κ1) is 12.2. The smallest absolute Gasteiger partial charge is 0.143 e. The van der Waals surface area contributed by atoms with E-state index in [1.165, 1.54) is 6.07 Å². The highest BCUT2D eigenvalue weighted by atomic mass is 19.1. The summed E-state index contributed by atoms with van der Waals surface area (Å²) < 4.78 is 15.3. The Bertz CT molecular complexity index is 801. The Kier molecular flexibility index (Phi) is 3.05. The quantitative estimate of drug-likeness (QED) is 0.793. The van der Waals surface area contributed by atoms with Gasteiger partial charge in [0.15, 0.2) is 0 Å². The molecule has 0 aliphatic heterocycles. The van der Waals surface area contributed by atoms with Crippen molar-refractivity contribution >= 4 is 11.2 Å². The summed E-state index contributed by atoms with van der Waals surface area (Å²) in [4.78, 5) is 0. The van der Waals surface area contributed by atoms with E-state index in [0.717, 1.165) is 11.1 Å². The van der Waals surface area contributed by atoms with Crippen molar-refractivity contribution < 1.29 is 4.39 Å². The average molecular weight is 266 g/mol. The van der Waals surface area contributed by atoms with E-state index < -0.39 is 5.82 Å². The Morgan fingerprint density at radius 2 is 2.15 bits per heavy atom. The molecule has 3 aromatic rings. The highest BCUT2D eigenvalue weighted by molar-refractivity contribution is 5.60. The summed E-state index contributed by atoms with van der Waals surface area (Å²) in [6.07, 6.45) is 3.62. The Labute approximate surface area is 115 Å². The molecule has 0 unspecified atom stereocenters. The lowest BCUT2D eigenvalue weighted by molar-refractivity contribution is 0.624. The van der Waals surface area contributed by atoms with E-state index in [4.69, 9.17) is 5.26 Å². The minimum atomic E-state index is -0.516. The number of nitriles is 1. The maximum absolute atomic E-state index is 13.5. The first-order chi connectivity index (χ1) is 9.79. The third kappa shape index (κ3) is 2.08. The van der Waals surface area contributed by atoms with Gasteiger partial charge in [-0.1, -0.05) is 12.1 Å². The van der Waals surface area contributed by atoms with Crippen LogP contribution < -0.4 is 5.32 Å². The molecule has 0 saturated carbocycles. The summed E-state index contributed by atoms with van der Waals surface area (Å²) in [7, 11) is 0. The zero-order valence-electron chi connectivity index (χ0n) is 10.5. The third-order valence-electron chi connectivity index (χ3n) is 3.10. The Morgan fingerprint density at radius 3 is 3.00 bits per heavy atom. The van der Waals surface area contributed by atoms with E-state index >= 15 is 0 Å². The normalized spacial score (nSPS) is 10.4. The number of aromatic nitrogens is 2. The van der Waals surface area contributed by atoms with Crippen LogP contribution in [-0.4, -0.2) is 9.61 Å². The van der Waals surface area contributed by atoms with E-state index in [1.54, 1.807) is 22.8 Å². The van der Waals surface area contributed by atoms with Gasteiger partial charge in [0.25, 0.3) is 0 Å². The highest BCUT2D eigenvalue weighted by Crippen LogP contribution is 2.19. The molecule has 0 aliphatic rings. The number of hydrogen-bond acceptors (Lipinski definition) is 3. The van der Waals surface area contributed by atoms with E-state index in [-0.39, 0.29) is 5.56 Å². The van der Waals surface area contributed by atoms with Crippen molar-refractivity contribution in [1.29, 1.82) is 5.26 Å². The third-order valence-corrected chi connectivity index (χ3v) is 3.10. The molecule has 0 aliphatic carbocycles. The molecule has 1 N–H and O–H groups in total. The van der Waals surface area contributed by atoms with Crippen molar-refractivity contribution in [2.45, 2.75) is 6.54 Å². The number of benzene rings is 1. The van der Waals surface area contributed by atoms with Crippen LogP contribution in [-0.2, 0) is 6.54 Å². The molecule has 0 bridgehead atoms. The van der Waals surface area contributed by atoms with Gasteiger partial charge in [-0.25, -0.2) is 8.91 Å². The molecule has 0 radical (unpaired) electrons. The monoisotopic (exact) mass is 266 g/mol. The fourth-order valence-electron chi connectivity index (χ4n) is 2.10. The molecule has 98 valence electrons. The van der Waals surface area contributed by atoms with Crippen LogP contribution in [0.3, 0.4) is 0 Å². The maximum Gasteiger partial charge on any atom is 0.143 e. The van der Waals surface area contributed by atoms with Crippen LogP contribution >= 0.6 is 0 Å². The number of nitrogens with one attached hydrogen (secondary N) is 1. The van der Waals surface area contributed by atoms with Gasteiger partial charge in [-0.2, -0.15) is 10.4 Å².